The molecule has 8 heteroatoms. The number of carboxylic acid groups (broad SMARTS) is 1. The summed E-state index contributed by atoms with van der Waals surface area (Å²) in [6, 6.07) is -0.672. The van der Waals surface area contributed by atoms with Crippen molar-refractivity contribution in [1.82, 2.24) is 14.7 Å². The zero-order chi connectivity index (χ0) is 17.8. The Labute approximate surface area is 147 Å². The van der Waals surface area contributed by atoms with Crippen LogP contribution in [0.3, 0.4) is 0 Å². The number of nitrogens with zero attached hydrogens (tertiary/aromatic N) is 3. The standard InChI is InChI=1S/C17H27N3O5/c1-11-15(22)20-12(10-25-14(20)9-19(11)16(23)24)2-6-18-7-5-17(3-4-17)13(21)8-18/h11-14,21H,2-10H2,1H3,(H,23,24)/t11-,12-,13+,14?/m0/s1. The van der Waals surface area contributed by atoms with Gasteiger partial charge in [-0.2, -0.15) is 0 Å². The number of aliphatic hydroxyl groups is 1. The Balaban J connectivity index is 1.33. The predicted molar refractivity (Wildman–Crippen MR) is 87.9 cm³/mol. The van der Waals surface area contributed by atoms with Crippen LogP contribution in [0, 0.1) is 5.41 Å². The van der Waals surface area contributed by atoms with E-state index in [9.17, 15) is 19.8 Å². The molecule has 2 N–H and O–H groups in total. The van der Waals surface area contributed by atoms with Gasteiger partial charge in [0.25, 0.3) is 0 Å². The second-order valence-corrected chi connectivity index (χ2v) is 8.02. The second-order valence-electron chi connectivity index (χ2n) is 8.02. The SMILES string of the molecule is C[C@H]1C(=O)N2C(CN1C(=O)O)OC[C@@H]2CCN1CCC2(CC2)[C@H](O)C1. The first kappa shape index (κ1) is 17.1. The number of aliphatic hydroxyl groups excluding tert-OH is 1. The number of rotatable bonds is 3. The van der Waals surface area contributed by atoms with Crippen LogP contribution in [0.2, 0.25) is 0 Å². The number of piperazine rings is 1. The van der Waals surface area contributed by atoms with Crippen LogP contribution in [0.4, 0.5) is 4.79 Å². The van der Waals surface area contributed by atoms with E-state index in [0.29, 0.717) is 13.2 Å². The Kier molecular flexibility index (Phi) is 4.16. The average molecular weight is 353 g/mol. The molecule has 4 atom stereocenters. The summed E-state index contributed by atoms with van der Waals surface area (Å²) in [5.74, 6) is -0.170. The van der Waals surface area contributed by atoms with E-state index in [1.807, 2.05) is 0 Å². The molecule has 2 amide bonds. The molecule has 4 fully saturated rings. The van der Waals surface area contributed by atoms with Crippen molar-refractivity contribution in [3.63, 3.8) is 0 Å². The summed E-state index contributed by atoms with van der Waals surface area (Å²) in [4.78, 5) is 29.1. The van der Waals surface area contributed by atoms with Crippen LogP contribution in [0.15, 0.2) is 0 Å². The number of amides is 2. The maximum Gasteiger partial charge on any atom is 0.408 e. The molecule has 0 aromatic carbocycles. The molecule has 4 rings (SSSR count). The van der Waals surface area contributed by atoms with Gasteiger partial charge in [0.05, 0.1) is 25.3 Å². The monoisotopic (exact) mass is 353 g/mol. The molecule has 3 heterocycles. The van der Waals surface area contributed by atoms with E-state index in [0.717, 1.165) is 43.7 Å². The van der Waals surface area contributed by atoms with Crippen molar-refractivity contribution < 1.29 is 24.5 Å². The van der Waals surface area contributed by atoms with Crippen LogP contribution in [0.5, 0.6) is 0 Å². The number of β-amino-alcohol motifs (C(OH)–C–C–N with tert-alkyl or cyclic N) is 1. The summed E-state index contributed by atoms with van der Waals surface area (Å²) in [7, 11) is 0. The third-order valence-electron chi connectivity index (χ3n) is 6.60. The summed E-state index contributed by atoms with van der Waals surface area (Å²) in [6.07, 6.45) is 2.39. The first-order valence-electron chi connectivity index (χ1n) is 9.25. The van der Waals surface area contributed by atoms with Crippen LogP contribution < -0.4 is 0 Å². The lowest BCUT2D eigenvalue weighted by atomic mass is 9.90. The van der Waals surface area contributed by atoms with Gasteiger partial charge in [0.15, 0.2) is 6.23 Å². The molecule has 3 aliphatic heterocycles. The fourth-order valence-corrected chi connectivity index (χ4v) is 4.58. The van der Waals surface area contributed by atoms with Crippen molar-refractivity contribution >= 4 is 12.0 Å². The molecule has 1 unspecified atom stereocenters. The first-order chi connectivity index (χ1) is 11.9. The van der Waals surface area contributed by atoms with Gasteiger partial charge < -0.3 is 24.7 Å². The smallest absolute Gasteiger partial charge is 0.408 e. The summed E-state index contributed by atoms with van der Waals surface area (Å²) < 4.78 is 5.70. The van der Waals surface area contributed by atoms with Gasteiger partial charge in [0.2, 0.25) is 5.91 Å². The Morgan fingerprint density at radius 1 is 1.32 bits per heavy atom. The Morgan fingerprint density at radius 3 is 2.72 bits per heavy atom. The van der Waals surface area contributed by atoms with Gasteiger partial charge in [-0.15, -0.1) is 0 Å². The fourth-order valence-electron chi connectivity index (χ4n) is 4.58. The van der Waals surface area contributed by atoms with E-state index in [1.54, 1.807) is 11.8 Å². The molecule has 0 radical (unpaired) electrons. The van der Waals surface area contributed by atoms with Crippen molar-refractivity contribution in [3.8, 4) is 0 Å². The van der Waals surface area contributed by atoms with E-state index < -0.39 is 18.4 Å². The van der Waals surface area contributed by atoms with Gasteiger partial charge in [0.1, 0.15) is 6.04 Å². The Hall–Kier alpha value is -1.38. The highest BCUT2D eigenvalue weighted by Crippen LogP contribution is 2.53. The number of carbonyl (C=O) groups is 2. The lowest BCUT2D eigenvalue weighted by Gasteiger charge is -2.41. The maximum atomic E-state index is 12.6. The van der Waals surface area contributed by atoms with Crippen molar-refractivity contribution in [2.24, 2.45) is 5.41 Å². The quantitative estimate of drug-likeness (QED) is 0.751. The van der Waals surface area contributed by atoms with Crippen molar-refractivity contribution in [1.29, 1.82) is 0 Å². The van der Waals surface area contributed by atoms with Crippen LogP contribution in [0.25, 0.3) is 0 Å². The van der Waals surface area contributed by atoms with E-state index in [-0.39, 0.29) is 30.0 Å². The van der Waals surface area contributed by atoms with Crippen molar-refractivity contribution in [3.05, 3.63) is 0 Å². The largest absolute Gasteiger partial charge is 0.465 e. The summed E-state index contributed by atoms with van der Waals surface area (Å²) in [5, 5.41) is 19.5. The van der Waals surface area contributed by atoms with Gasteiger partial charge >= 0.3 is 6.09 Å². The lowest BCUT2D eigenvalue weighted by molar-refractivity contribution is -0.151. The topological polar surface area (TPSA) is 93.6 Å². The average Bonchev–Trinajstić information content (AvgIpc) is 3.24. The number of hydrogen-bond donors (Lipinski definition) is 2. The van der Waals surface area contributed by atoms with Gasteiger partial charge in [0, 0.05) is 13.1 Å². The minimum Gasteiger partial charge on any atom is -0.465 e. The molecule has 1 saturated carbocycles. The van der Waals surface area contributed by atoms with Crippen LogP contribution in [0.1, 0.15) is 32.6 Å². The molecular weight excluding hydrogens is 326 g/mol. The van der Waals surface area contributed by atoms with Gasteiger partial charge in [-0.25, -0.2) is 4.79 Å². The lowest BCUT2D eigenvalue weighted by Crippen LogP contribution is -2.62. The number of piperidine rings is 1. The second kappa shape index (κ2) is 6.10. The highest BCUT2D eigenvalue weighted by molar-refractivity contribution is 5.86. The molecule has 0 aromatic rings. The minimum atomic E-state index is -1.08. The molecule has 0 aromatic heterocycles. The van der Waals surface area contributed by atoms with Gasteiger partial charge in [-0.05, 0) is 44.6 Å². The number of hydrogen-bond acceptors (Lipinski definition) is 5. The molecule has 3 saturated heterocycles. The van der Waals surface area contributed by atoms with E-state index in [4.69, 9.17) is 4.74 Å². The molecule has 1 spiro atoms. The summed E-state index contributed by atoms with van der Waals surface area (Å²) in [5.41, 5.74) is 0.205. The number of ether oxygens (including phenoxy) is 1. The molecule has 1 aliphatic carbocycles. The maximum absolute atomic E-state index is 12.6. The Morgan fingerprint density at radius 2 is 2.08 bits per heavy atom. The number of carbonyl (C=O) groups excluding carboxylic acids is 1. The van der Waals surface area contributed by atoms with Gasteiger partial charge in [-0.1, -0.05) is 0 Å². The van der Waals surface area contributed by atoms with E-state index in [1.165, 1.54) is 0 Å². The van der Waals surface area contributed by atoms with Crippen molar-refractivity contribution in [2.45, 2.75) is 57.0 Å². The molecule has 140 valence electrons. The third-order valence-corrected chi connectivity index (χ3v) is 6.60. The highest BCUT2D eigenvalue weighted by atomic mass is 16.5. The summed E-state index contributed by atoms with van der Waals surface area (Å²) >= 11 is 0. The van der Waals surface area contributed by atoms with Crippen molar-refractivity contribution in [2.75, 3.05) is 32.8 Å². The molecule has 0 bridgehead atoms. The molecule has 8 nitrogen and oxygen atoms in total. The van der Waals surface area contributed by atoms with E-state index in [2.05, 4.69) is 4.90 Å². The number of likely N-dealkylation sites (tertiary alicyclic amines) is 1. The van der Waals surface area contributed by atoms with Gasteiger partial charge in [-0.3, -0.25) is 9.69 Å². The highest BCUT2D eigenvalue weighted by Gasteiger charge is 2.51. The van der Waals surface area contributed by atoms with Crippen LogP contribution in [-0.2, 0) is 9.53 Å². The molecule has 4 aliphatic rings. The predicted octanol–water partition coefficient (Wildman–Crippen LogP) is 0.159. The summed E-state index contributed by atoms with van der Waals surface area (Å²) in [6.45, 7) is 4.85. The number of fused-ring (bicyclic) bond motifs is 1. The Bertz CT molecular complexity index is 566. The zero-order valence-electron chi connectivity index (χ0n) is 14.6. The van der Waals surface area contributed by atoms with Crippen LogP contribution in [-0.4, -0.2) is 94.1 Å². The van der Waals surface area contributed by atoms with E-state index >= 15 is 0 Å². The van der Waals surface area contributed by atoms with Crippen LogP contribution >= 0.6 is 0 Å². The normalized spacial score (nSPS) is 37.4. The fraction of sp³-hybridized carbons (Fsp3) is 0.882. The molecule has 25 heavy (non-hydrogen) atoms. The minimum absolute atomic E-state index is 0.00940. The first-order valence-corrected chi connectivity index (χ1v) is 9.25. The third kappa shape index (κ3) is 2.90. The molecular formula is C17H27N3O5. The zero-order valence-corrected chi connectivity index (χ0v) is 14.6.